The fourth-order valence-electron chi connectivity index (χ4n) is 1.83. The molecule has 4 heteroatoms. The zero-order valence-electron chi connectivity index (χ0n) is 7.54. The first kappa shape index (κ1) is 8.84. The Balaban J connectivity index is 2.21. The molecule has 1 spiro atoms. The second kappa shape index (κ2) is 2.62. The Bertz CT molecular complexity index is 262. The van der Waals surface area contributed by atoms with Crippen LogP contribution in [-0.4, -0.2) is 30.1 Å². The van der Waals surface area contributed by atoms with Gasteiger partial charge in [-0.1, -0.05) is 0 Å². The number of hydrogen-bond donors (Lipinski definition) is 0. The van der Waals surface area contributed by atoms with Crippen LogP contribution in [0.1, 0.15) is 26.2 Å². The lowest BCUT2D eigenvalue weighted by Gasteiger charge is -2.21. The van der Waals surface area contributed by atoms with Crippen molar-refractivity contribution in [3.63, 3.8) is 0 Å². The summed E-state index contributed by atoms with van der Waals surface area (Å²) >= 11 is 0. The highest BCUT2D eigenvalue weighted by molar-refractivity contribution is 5.88. The van der Waals surface area contributed by atoms with Crippen molar-refractivity contribution in [1.29, 1.82) is 0 Å². The molecule has 2 fully saturated rings. The van der Waals surface area contributed by atoms with Crippen LogP contribution in [-0.2, 0) is 19.1 Å². The summed E-state index contributed by atoms with van der Waals surface area (Å²) in [6, 6.07) is 0. The minimum absolute atomic E-state index is 0.0296. The average Bonchev–Trinajstić information content (AvgIpc) is 2.62. The Labute approximate surface area is 76.2 Å². The highest BCUT2D eigenvalue weighted by atomic mass is 16.8. The minimum atomic E-state index is -1.09. The Morgan fingerprint density at radius 1 is 1.54 bits per heavy atom. The summed E-state index contributed by atoms with van der Waals surface area (Å²) in [6.07, 6.45) is 2.56. The van der Waals surface area contributed by atoms with Gasteiger partial charge in [0.05, 0.1) is 6.61 Å². The molecule has 2 rings (SSSR count). The van der Waals surface area contributed by atoms with Crippen LogP contribution in [0.2, 0.25) is 0 Å². The summed E-state index contributed by atoms with van der Waals surface area (Å²) in [7, 11) is 0. The first-order valence-corrected chi connectivity index (χ1v) is 4.44. The maximum Gasteiger partial charge on any atom is 0.230 e. The van der Waals surface area contributed by atoms with Crippen molar-refractivity contribution in [1.82, 2.24) is 0 Å². The fourth-order valence-corrected chi connectivity index (χ4v) is 1.83. The van der Waals surface area contributed by atoms with E-state index in [1.165, 1.54) is 0 Å². The number of ether oxygens (including phenoxy) is 2. The van der Waals surface area contributed by atoms with E-state index in [1.807, 2.05) is 0 Å². The predicted octanol–water partition coefficient (Wildman–Crippen LogP) is 0.440. The number of carbonyl (C=O) groups excluding carboxylic acids is 2. The van der Waals surface area contributed by atoms with E-state index in [-0.39, 0.29) is 12.4 Å². The van der Waals surface area contributed by atoms with Crippen molar-refractivity contribution in [3.8, 4) is 0 Å². The van der Waals surface area contributed by atoms with Crippen LogP contribution in [0.25, 0.3) is 0 Å². The highest BCUT2D eigenvalue weighted by Gasteiger charge is 2.54. The highest BCUT2D eigenvalue weighted by Crippen LogP contribution is 2.39. The van der Waals surface area contributed by atoms with Gasteiger partial charge in [-0.15, -0.1) is 0 Å². The first-order chi connectivity index (χ1) is 6.10. The van der Waals surface area contributed by atoms with Gasteiger partial charge in [0.2, 0.25) is 5.79 Å². The van der Waals surface area contributed by atoms with E-state index in [4.69, 9.17) is 9.47 Å². The first-order valence-electron chi connectivity index (χ1n) is 4.44. The summed E-state index contributed by atoms with van der Waals surface area (Å²) in [4.78, 5) is 22.1. The van der Waals surface area contributed by atoms with E-state index in [9.17, 15) is 9.59 Å². The second-order valence-corrected chi connectivity index (χ2v) is 3.85. The molecule has 0 aromatic carbocycles. The molecule has 0 radical (unpaired) electrons. The Kier molecular flexibility index (Phi) is 1.78. The van der Waals surface area contributed by atoms with Gasteiger partial charge >= 0.3 is 0 Å². The summed E-state index contributed by atoms with van der Waals surface area (Å²) in [6.45, 7) is 1.82. The third-order valence-electron chi connectivity index (χ3n) is 2.57. The van der Waals surface area contributed by atoms with Gasteiger partial charge in [0.1, 0.15) is 5.60 Å². The Morgan fingerprint density at radius 3 is 2.77 bits per heavy atom. The van der Waals surface area contributed by atoms with Gasteiger partial charge < -0.3 is 14.3 Å². The van der Waals surface area contributed by atoms with Crippen LogP contribution in [0.4, 0.5) is 0 Å². The van der Waals surface area contributed by atoms with Gasteiger partial charge in [-0.05, 0) is 13.3 Å². The topological polar surface area (TPSA) is 52.6 Å². The molecule has 1 saturated carbocycles. The molecule has 0 amide bonds. The van der Waals surface area contributed by atoms with Crippen LogP contribution >= 0.6 is 0 Å². The predicted molar refractivity (Wildman–Crippen MR) is 43.1 cm³/mol. The standard InChI is InChI=1S/C9H12O4/c1-8(5-10)6-12-9(13-8)4-2-3-7(9)11/h5H,2-4,6H2,1H3. The minimum Gasteiger partial charge on any atom is -0.340 e. The smallest absolute Gasteiger partial charge is 0.230 e. The number of hydrogen-bond acceptors (Lipinski definition) is 4. The second-order valence-electron chi connectivity index (χ2n) is 3.85. The number of carbonyl (C=O) groups is 2. The zero-order chi connectivity index (χ0) is 9.53. The van der Waals surface area contributed by atoms with E-state index >= 15 is 0 Å². The summed E-state index contributed by atoms with van der Waals surface area (Å²) in [5.41, 5.74) is -0.931. The van der Waals surface area contributed by atoms with Crippen LogP contribution in [0.5, 0.6) is 0 Å². The molecule has 13 heavy (non-hydrogen) atoms. The zero-order valence-corrected chi connectivity index (χ0v) is 7.54. The molecule has 1 aliphatic heterocycles. The number of Topliss-reactive ketones (excluding diaryl/α,β-unsaturated/α-hetero) is 1. The third-order valence-corrected chi connectivity index (χ3v) is 2.57. The van der Waals surface area contributed by atoms with Crippen molar-refractivity contribution in [2.75, 3.05) is 6.61 Å². The van der Waals surface area contributed by atoms with Gasteiger partial charge in [0, 0.05) is 12.8 Å². The van der Waals surface area contributed by atoms with Crippen LogP contribution in [0.3, 0.4) is 0 Å². The van der Waals surface area contributed by atoms with Gasteiger partial charge in [-0.25, -0.2) is 0 Å². The van der Waals surface area contributed by atoms with Crippen molar-refractivity contribution in [3.05, 3.63) is 0 Å². The Morgan fingerprint density at radius 2 is 2.31 bits per heavy atom. The SMILES string of the molecule is CC1(C=O)COC2(CCCC2=O)O1. The summed E-state index contributed by atoms with van der Waals surface area (Å²) < 4.78 is 10.7. The van der Waals surface area contributed by atoms with E-state index in [1.54, 1.807) is 6.92 Å². The molecule has 1 aliphatic carbocycles. The van der Waals surface area contributed by atoms with E-state index in [0.717, 1.165) is 6.42 Å². The quantitative estimate of drug-likeness (QED) is 0.555. The number of aldehydes is 1. The molecule has 1 heterocycles. The molecule has 2 atom stereocenters. The Hall–Kier alpha value is -0.740. The van der Waals surface area contributed by atoms with Gasteiger partial charge in [0.25, 0.3) is 0 Å². The van der Waals surface area contributed by atoms with Gasteiger partial charge in [0.15, 0.2) is 12.1 Å². The summed E-state index contributed by atoms with van der Waals surface area (Å²) in [5, 5.41) is 0. The molecule has 0 aromatic heterocycles. The molecule has 4 nitrogen and oxygen atoms in total. The van der Waals surface area contributed by atoms with Gasteiger partial charge in [-0.3, -0.25) is 4.79 Å². The van der Waals surface area contributed by atoms with E-state index in [0.29, 0.717) is 19.1 Å². The fraction of sp³-hybridized carbons (Fsp3) is 0.778. The lowest BCUT2D eigenvalue weighted by molar-refractivity contribution is -0.186. The lowest BCUT2D eigenvalue weighted by atomic mass is 10.1. The summed E-state index contributed by atoms with van der Waals surface area (Å²) in [5.74, 6) is -1.12. The van der Waals surface area contributed by atoms with Crippen molar-refractivity contribution < 1.29 is 19.1 Å². The van der Waals surface area contributed by atoms with Crippen molar-refractivity contribution in [2.24, 2.45) is 0 Å². The molecule has 1 saturated heterocycles. The van der Waals surface area contributed by atoms with Gasteiger partial charge in [-0.2, -0.15) is 0 Å². The molecule has 0 aromatic rings. The van der Waals surface area contributed by atoms with Crippen LogP contribution < -0.4 is 0 Å². The normalized spacial score (nSPS) is 44.5. The lowest BCUT2D eigenvalue weighted by Crippen LogP contribution is -2.39. The number of rotatable bonds is 1. The van der Waals surface area contributed by atoms with Crippen molar-refractivity contribution >= 4 is 12.1 Å². The maximum absolute atomic E-state index is 11.4. The maximum atomic E-state index is 11.4. The third kappa shape index (κ3) is 1.21. The molecular weight excluding hydrogens is 172 g/mol. The number of ketones is 1. The molecule has 0 bridgehead atoms. The molecule has 0 N–H and O–H groups in total. The molecule has 2 aliphatic rings. The largest absolute Gasteiger partial charge is 0.340 e. The van der Waals surface area contributed by atoms with Crippen molar-refractivity contribution in [2.45, 2.75) is 37.6 Å². The van der Waals surface area contributed by atoms with Crippen LogP contribution in [0, 0.1) is 0 Å². The van der Waals surface area contributed by atoms with E-state index < -0.39 is 11.4 Å². The van der Waals surface area contributed by atoms with Crippen LogP contribution in [0.15, 0.2) is 0 Å². The molecular formula is C9H12O4. The monoisotopic (exact) mass is 184 g/mol. The van der Waals surface area contributed by atoms with E-state index in [2.05, 4.69) is 0 Å². The average molecular weight is 184 g/mol. The molecule has 2 unspecified atom stereocenters. The molecule has 72 valence electrons.